The first kappa shape index (κ1) is 27.5. The van der Waals surface area contributed by atoms with Crippen molar-refractivity contribution in [1.29, 1.82) is 0 Å². The maximum absolute atomic E-state index is 6.45. The van der Waals surface area contributed by atoms with Crippen molar-refractivity contribution < 1.29 is 4.42 Å². The molecular weight excluding hydrogens is 599 g/mol. The largest absolute Gasteiger partial charge is 0.456 e. The van der Waals surface area contributed by atoms with Gasteiger partial charge in [0.05, 0.1) is 0 Å². The highest BCUT2D eigenvalue weighted by Gasteiger charge is 2.17. The highest BCUT2D eigenvalue weighted by atomic mass is 16.3. The lowest BCUT2D eigenvalue weighted by Crippen LogP contribution is -2.00. The van der Waals surface area contributed by atoms with Gasteiger partial charge in [-0.25, -0.2) is 15.0 Å². The fourth-order valence-corrected chi connectivity index (χ4v) is 7.22. The van der Waals surface area contributed by atoms with Crippen LogP contribution in [0.3, 0.4) is 0 Å². The Morgan fingerprint density at radius 1 is 0.306 bits per heavy atom. The molecule has 0 saturated carbocycles. The van der Waals surface area contributed by atoms with Crippen LogP contribution in [0.5, 0.6) is 0 Å². The number of benzene rings is 8. The van der Waals surface area contributed by atoms with Crippen LogP contribution in [0.15, 0.2) is 168 Å². The van der Waals surface area contributed by atoms with E-state index in [9.17, 15) is 0 Å². The Labute approximate surface area is 282 Å². The second kappa shape index (κ2) is 11.0. The molecule has 2 heterocycles. The topological polar surface area (TPSA) is 51.8 Å². The van der Waals surface area contributed by atoms with Gasteiger partial charge in [-0.1, -0.05) is 133 Å². The zero-order valence-corrected chi connectivity index (χ0v) is 26.3. The van der Waals surface area contributed by atoms with Gasteiger partial charge in [0.15, 0.2) is 17.5 Å². The van der Waals surface area contributed by atoms with Crippen molar-refractivity contribution in [3.63, 3.8) is 0 Å². The van der Waals surface area contributed by atoms with Crippen LogP contribution >= 0.6 is 0 Å². The van der Waals surface area contributed by atoms with Crippen LogP contribution in [-0.4, -0.2) is 15.0 Å². The van der Waals surface area contributed by atoms with E-state index in [0.29, 0.717) is 17.5 Å². The quantitative estimate of drug-likeness (QED) is 0.183. The number of hydrogen-bond donors (Lipinski definition) is 0. The van der Waals surface area contributed by atoms with Gasteiger partial charge < -0.3 is 4.42 Å². The molecule has 2 aromatic heterocycles. The predicted octanol–water partition coefficient (Wildman–Crippen LogP) is 11.9. The Morgan fingerprint density at radius 2 is 0.796 bits per heavy atom. The molecule has 8 aromatic carbocycles. The third-order valence-electron chi connectivity index (χ3n) is 9.51. The molecule has 228 valence electrons. The summed E-state index contributed by atoms with van der Waals surface area (Å²) in [6, 6.07) is 56.9. The van der Waals surface area contributed by atoms with E-state index in [1.54, 1.807) is 0 Å². The average Bonchev–Trinajstić information content (AvgIpc) is 3.57. The summed E-state index contributed by atoms with van der Waals surface area (Å²) in [5.74, 6) is 1.89. The van der Waals surface area contributed by atoms with Gasteiger partial charge in [0.1, 0.15) is 11.2 Å². The second-order valence-electron chi connectivity index (χ2n) is 12.4. The van der Waals surface area contributed by atoms with Crippen LogP contribution in [0.25, 0.3) is 99.5 Å². The van der Waals surface area contributed by atoms with Crippen LogP contribution in [0.1, 0.15) is 0 Å². The molecule has 0 aliphatic carbocycles. The summed E-state index contributed by atoms with van der Waals surface area (Å²) < 4.78 is 6.45. The molecule has 0 atom stereocenters. The lowest BCUT2D eigenvalue weighted by Gasteiger charge is -2.12. The fraction of sp³-hybridized carbons (Fsp3) is 0. The van der Waals surface area contributed by atoms with E-state index >= 15 is 0 Å². The van der Waals surface area contributed by atoms with E-state index in [-0.39, 0.29) is 0 Å². The summed E-state index contributed by atoms with van der Waals surface area (Å²) in [5.41, 5.74) is 6.72. The highest BCUT2D eigenvalue weighted by molar-refractivity contribution is 6.26. The Hall–Kier alpha value is -6.65. The van der Waals surface area contributed by atoms with Crippen molar-refractivity contribution in [2.45, 2.75) is 0 Å². The summed E-state index contributed by atoms with van der Waals surface area (Å²) in [5, 5.41) is 9.65. The minimum atomic E-state index is 0.616. The van der Waals surface area contributed by atoms with Crippen molar-refractivity contribution in [3.05, 3.63) is 164 Å². The van der Waals surface area contributed by atoms with E-state index < -0.39 is 0 Å². The number of fused-ring (bicyclic) bond motifs is 9. The van der Waals surface area contributed by atoms with Crippen molar-refractivity contribution >= 4 is 54.3 Å². The van der Waals surface area contributed by atoms with Gasteiger partial charge >= 0.3 is 0 Å². The van der Waals surface area contributed by atoms with Crippen LogP contribution in [-0.2, 0) is 0 Å². The van der Waals surface area contributed by atoms with Gasteiger partial charge in [0.25, 0.3) is 0 Å². The molecule has 10 rings (SSSR count). The van der Waals surface area contributed by atoms with Crippen LogP contribution in [0, 0.1) is 0 Å². The Bertz CT molecular complexity index is 2780. The van der Waals surface area contributed by atoms with Gasteiger partial charge in [0, 0.05) is 27.5 Å². The Morgan fingerprint density at radius 3 is 1.41 bits per heavy atom. The first-order chi connectivity index (χ1) is 24.3. The van der Waals surface area contributed by atoms with Crippen LogP contribution < -0.4 is 0 Å². The van der Waals surface area contributed by atoms with Gasteiger partial charge in [0.2, 0.25) is 0 Å². The third-order valence-corrected chi connectivity index (χ3v) is 9.51. The summed E-state index contributed by atoms with van der Waals surface area (Å²) in [6.07, 6.45) is 0. The molecule has 0 radical (unpaired) electrons. The number of furan rings is 1. The first-order valence-corrected chi connectivity index (χ1v) is 16.4. The molecular formula is C45H27N3O. The standard InChI is InChI=1S/C45H27N3O/c1-3-12-28(13-4-1)43-46-44(29-14-5-2-6-15-29)48-45(47-43)31-23-25-40-39(27-31)42-32(20-11-21-41(42)49-40)30-22-24-37-35-18-8-7-16-33(35)34-17-9-10-19-36(34)38(37)26-30/h1-27H. The zero-order chi connectivity index (χ0) is 32.3. The molecule has 0 unspecified atom stereocenters. The van der Waals surface area contributed by atoms with Gasteiger partial charge in [-0.2, -0.15) is 0 Å². The Kier molecular flexibility index (Phi) is 6.15. The molecule has 0 fully saturated rings. The maximum atomic E-state index is 6.45. The first-order valence-electron chi connectivity index (χ1n) is 16.4. The fourth-order valence-electron chi connectivity index (χ4n) is 7.22. The molecule has 0 N–H and O–H groups in total. The van der Waals surface area contributed by atoms with E-state index in [4.69, 9.17) is 19.4 Å². The summed E-state index contributed by atoms with van der Waals surface area (Å²) in [6.45, 7) is 0. The average molecular weight is 626 g/mol. The third kappa shape index (κ3) is 4.49. The lowest BCUT2D eigenvalue weighted by molar-refractivity contribution is 0.669. The van der Waals surface area contributed by atoms with E-state index in [1.165, 1.54) is 32.3 Å². The van der Waals surface area contributed by atoms with E-state index in [0.717, 1.165) is 49.8 Å². The Balaban J connectivity index is 1.19. The molecule has 0 saturated heterocycles. The normalized spacial score (nSPS) is 11.7. The summed E-state index contributed by atoms with van der Waals surface area (Å²) in [7, 11) is 0. The molecule has 4 heteroatoms. The van der Waals surface area contributed by atoms with Gasteiger partial charge in [-0.15, -0.1) is 0 Å². The van der Waals surface area contributed by atoms with Gasteiger partial charge in [-0.3, -0.25) is 0 Å². The minimum Gasteiger partial charge on any atom is -0.456 e. The summed E-state index contributed by atoms with van der Waals surface area (Å²) in [4.78, 5) is 14.9. The monoisotopic (exact) mass is 625 g/mol. The number of aromatic nitrogens is 3. The minimum absolute atomic E-state index is 0.616. The molecule has 10 aromatic rings. The van der Waals surface area contributed by atoms with Crippen molar-refractivity contribution in [2.24, 2.45) is 0 Å². The van der Waals surface area contributed by atoms with Crippen molar-refractivity contribution in [3.8, 4) is 45.3 Å². The van der Waals surface area contributed by atoms with Crippen molar-refractivity contribution in [2.75, 3.05) is 0 Å². The SMILES string of the molecule is c1ccc(-c2nc(-c3ccccc3)nc(-c3ccc4oc5cccc(-c6ccc7c8ccccc8c8ccccc8c7c6)c5c4c3)n2)cc1. The second-order valence-corrected chi connectivity index (χ2v) is 12.4. The molecule has 0 amide bonds. The molecule has 0 bridgehead atoms. The van der Waals surface area contributed by atoms with Gasteiger partial charge in [-0.05, 0) is 73.8 Å². The smallest absolute Gasteiger partial charge is 0.164 e. The molecule has 4 nitrogen and oxygen atoms in total. The summed E-state index contributed by atoms with van der Waals surface area (Å²) >= 11 is 0. The number of hydrogen-bond acceptors (Lipinski definition) is 4. The van der Waals surface area contributed by atoms with E-state index in [2.05, 4.69) is 84.9 Å². The predicted molar refractivity (Wildman–Crippen MR) is 201 cm³/mol. The lowest BCUT2D eigenvalue weighted by atomic mass is 9.91. The van der Waals surface area contributed by atoms with Crippen molar-refractivity contribution in [1.82, 2.24) is 15.0 Å². The molecule has 49 heavy (non-hydrogen) atoms. The molecule has 0 aliphatic rings. The zero-order valence-electron chi connectivity index (χ0n) is 26.3. The van der Waals surface area contributed by atoms with Crippen LogP contribution in [0.4, 0.5) is 0 Å². The molecule has 0 aliphatic heterocycles. The number of rotatable bonds is 4. The van der Waals surface area contributed by atoms with E-state index in [1.807, 2.05) is 78.9 Å². The van der Waals surface area contributed by atoms with Crippen LogP contribution in [0.2, 0.25) is 0 Å². The molecule has 0 spiro atoms. The maximum Gasteiger partial charge on any atom is 0.164 e. The number of nitrogens with zero attached hydrogens (tertiary/aromatic N) is 3. The highest BCUT2D eigenvalue weighted by Crippen LogP contribution is 2.41.